The zero-order valence-electron chi connectivity index (χ0n) is 19.0. The molecule has 1 aliphatic rings. The van der Waals surface area contributed by atoms with Crippen molar-refractivity contribution in [3.05, 3.63) is 89.8 Å². The minimum Gasteiger partial charge on any atom is -0.460 e. The van der Waals surface area contributed by atoms with E-state index in [1.807, 2.05) is 78.6 Å². The van der Waals surface area contributed by atoms with E-state index in [-0.39, 0.29) is 5.91 Å². The van der Waals surface area contributed by atoms with Crippen molar-refractivity contribution >= 4 is 11.6 Å². The summed E-state index contributed by atoms with van der Waals surface area (Å²) in [6, 6.07) is 23.3. The summed E-state index contributed by atoms with van der Waals surface area (Å²) in [6.45, 7) is 4.72. The summed E-state index contributed by atoms with van der Waals surface area (Å²) in [6.07, 6.45) is 2.65. The fourth-order valence-corrected chi connectivity index (χ4v) is 4.28. The Morgan fingerprint density at radius 1 is 0.941 bits per heavy atom. The molecule has 5 rings (SSSR count). The van der Waals surface area contributed by atoms with E-state index in [0.717, 1.165) is 36.6 Å². The number of rotatable bonds is 4. The minimum absolute atomic E-state index is 0.0482. The summed E-state index contributed by atoms with van der Waals surface area (Å²) in [7, 11) is 0. The lowest BCUT2D eigenvalue weighted by Gasteiger charge is -2.23. The largest absolute Gasteiger partial charge is 0.460 e. The number of benzene rings is 2. The molecule has 0 N–H and O–H groups in total. The predicted molar refractivity (Wildman–Crippen MR) is 130 cm³/mol. The van der Waals surface area contributed by atoms with Gasteiger partial charge in [-0.25, -0.2) is 4.68 Å². The number of aryl methyl sites for hydroxylation is 1. The number of amides is 1. The zero-order valence-corrected chi connectivity index (χ0v) is 19.0. The number of carbonyl (C=O) groups is 1. The number of furan rings is 1. The molecule has 2 aromatic carbocycles. The molecule has 1 aliphatic heterocycles. The van der Waals surface area contributed by atoms with Gasteiger partial charge < -0.3 is 14.2 Å². The van der Waals surface area contributed by atoms with Gasteiger partial charge in [-0.05, 0) is 61.9 Å². The molecule has 2 aromatic heterocycles. The van der Waals surface area contributed by atoms with Crippen LogP contribution in [-0.2, 0) is 0 Å². The van der Waals surface area contributed by atoms with Gasteiger partial charge in [0, 0.05) is 38.1 Å². The van der Waals surface area contributed by atoms with Crippen molar-refractivity contribution in [3.63, 3.8) is 0 Å². The lowest BCUT2D eigenvalue weighted by Crippen LogP contribution is -2.35. The maximum atomic E-state index is 13.7. The number of nitrogens with zero attached hydrogens (tertiary/aromatic N) is 5. The first-order chi connectivity index (χ1) is 16.6. The third-order valence-corrected chi connectivity index (χ3v) is 6.08. The summed E-state index contributed by atoms with van der Waals surface area (Å²) in [5.41, 5.74) is 3.68. The third-order valence-electron chi connectivity index (χ3n) is 6.08. The number of hydrogen-bond donors (Lipinski definition) is 0. The molecule has 0 unspecified atom stereocenters. The molecule has 170 valence electrons. The number of para-hydroxylation sites is 1. The van der Waals surface area contributed by atoms with E-state index in [1.54, 1.807) is 10.9 Å². The van der Waals surface area contributed by atoms with Crippen LogP contribution < -0.4 is 4.90 Å². The second kappa shape index (κ2) is 9.28. The van der Waals surface area contributed by atoms with Gasteiger partial charge >= 0.3 is 0 Å². The van der Waals surface area contributed by atoms with E-state index < -0.39 is 0 Å². The molecule has 4 aromatic rings. The summed E-state index contributed by atoms with van der Waals surface area (Å²) in [5, 5.41) is 13.8. The average molecular weight is 452 g/mol. The van der Waals surface area contributed by atoms with Gasteiger partial charge in [0.15, 0.2) is 5.76 Å². The maximum absolute atomic E-state index is 13.7. The summed E-state index contributed by atoms with van der Waals surface area (Å²) < 4.78 is 7.58. The molecular formula is C27H25N5O2. The second-order valence-electron chi connectivity index (χ2n) is 8.37. The lowest BCUT2D eigenvalue weighted by atomic mass is 10.2. The molecule has 34 heavy (non-hydrogen) atoms. The van der Waals surface area contributed by atoms with E-state index in [9.17, 15) is 4.79 Å². The van der Waals surface area contributed by atoms with Crippen molar-refractivity contribution in [1.82, 2.24) is 14.7 Å². The van der Waals surface area contributed by atoms with E-state index >= 15 is 0 Å². The fourth-order valence-electron chi connectivity index (χ4n) is 4.28. The van der Waals surface area contributed by atoms with Crippen molar-refractivity contribution in [2.75, 3.05) is 31.1 Å². The highest BCUT2D eigenvalue weighted by Crippen LogP contribution is 2.27. The molecule has 7 heteroatoms. The summed E-state index contributed by atoms with van der Waals surface area (Å²) >= 11 is 0. The first-order valence-electron chi connectivity index (χ1n) is 11.4. The van der Waals surface area contributed by atoms with Crippen LogP contribution in [0.2, 0.25) is 0 Å². The Balaban J connectivity index is 1.41. The van der Waals surface area contributed by atoms with Crippen molar-refractivity contribution < 1.29 is 9.21 Å². The van der Waals surface area contributed by atoms with Gasteiger partial charge in [-0.2, -0.15) is 10.4 Å². The fraction of sp³-hybridized carbons (Fsp3) is 0.222. The van der Waals surface area contributed by atoms with Gasteiger partial charge in [0.05, 0.1) is 22.9 Å². The second-order valence-corrected chi connectivity index (χ2v) is 8.37. The van der Waals surface area contributed by atoms with Gasteiger partial charge in [-0.1, -0.05) is 18.2 Å². The van der Waals surface area contributed by atoms with Crippen LogP contribution in [0.5, 0.6) is 0 Å². The molecule has 3 heterocycles. The summed E-state index contributed by atoms with van der Waals surface area (Å²) in [5.74, 6) is 1.31. The number of aromatic nitrogens is 2. The Labute approximate surface area is 198 Å². The normalized spacial score (nSPS) is 14.0. The lowest BCUT2D eigenvalue weighted by molar-refractivity contribution is 0.0767. The van der Waals surface area contributed by atoms with Crippen LogP contribution >= 0.6 is 0 Å². The van der Waals surface area contributed by atoms with E-state index in [0.29, 0.717) is 35.7 Å². The van der Waals surface area contributed by atoms with Crippen LogP contribution in [0.25, 0.3) is 17.1 Å². The van der Waals surface area contributed by atoms with Gasteiger partial charge in [-0.3, -0.25) is 4.79 Å². The Hall–Kier alpha value is -4.31. The SMILES string of the molecule is Cc1ccc(-c2nn(-c3ccccc3)cc2C(=O)N2CCCN(c3ccc(C#N)cc3)CC2)o1. The van der Waals surface area contributed by atoms with Crippen LogP contribution in [0, 0.1) is 18.3 Å². The highest BCUT2D eigenvalue weighted by molar-refractivity contribution is 5.99. The third kappa shape index (κ3) is 4.30. The van der Waals surface area contributed by atoms with E-state index in [4.69, 9.17) is 14.8 Å². The number of carbonyl (C=O) groups excluding carboxylic acids is 1. The summed E-state index contributed by atoms with van der Waals surface area (Å²) in [4.78, 5) is 17.9. The molecule has 0 spiro atoms. The molecule has 7 nitrogen and oxygen atoms in total. The predicted octanol–water partition coefficient (Wildman–Crippen LogP) is 4.66. The van der Waals surface area contributed by atoms with Gasteiger partial charge in [0.1, 0.15) is 11.5 Å². The first-order valence-corrected chi connectivity index (χ1v) is 11.4. The quantitative estimate of drug-likeness (QED) is 0.451. The van der Waals surface area contributed by atoms with E-state index in [1.165, 1.54) is 0 Å². The topological polar surface area (TPSA) is 78.3 Å². The van der Waals surface area contributed by atoms with Gasteiger partial charge in [0.2, 0.25) is 0 Å². The number of nitriles is 1. The molecule has 0 bridgehead atoms. The van der Waals surface area contributed by atoms with Crippen LogP contribution in [0.1, 0.15) is 28.1 Å². The smallest absolute Gasteiger partial charge is 0.257 e. The van der Waals surface area contributed by atoms with Crippen LogP contribution in [0.3, 0.4) is 0 Å². The minimum atomic E-state index is -0.0482. The molecule has 1 saturated heterocycles. The van der Waals surface area contributed by atoms with Crippen LogP contribution in [-0.4, -0.2) is 46.8 Å². The standard InChI is InChI=1S/C27H25N5O2/c1-20-8-13-25(34-20)26-24(19-32(29-26)23-6-3-2-4-7-23)27(33)31-15-5-14-30(16-17-31)22-11-9-21(18-28)10-12-22/h2-4,6-13,19H,5,14-17H2,1H3. The Kier molecular flexibility index (Phi) is 5.88. The van der Waals surface area contributed by atoms with Crippen molar-refractivity contribution in [2.24, 2.45) is 0 Å². The average Bonchev–Trinajstić information content (AvgIpc) is 3.43. The molecule has 1 fully saturated rings. The molecular weight excluding hydrogens is 426 g/mol. The van der Waals surface area contributed by atoms with Crippen molar-refractivity contribution in [2.45, 2.75) is 13.3 Å². The highest BCUT2D eigenvalue weighted by atomic mass is 16.3. The monoisotopic (exact) mass is 451 g/mol. The molecule has 0 aliphatic carbocycles. The van der Waals surface area contributed by atoms with Crippen LogP contribution in [0.15, 0.2) is 77.3 Å². The Morgan fingerprint density at radius 3 is 2.44 bits per heavy atom. The van der Waals surface area contributed by atoms with Gasteiger partial charge in [0.25, 0.3) is 5.91 Å². The number of anilines is 1. The van der Waals surface area contributed by atoms with Gasteiger partial charge in [-0.15, -0.1) is 0 Å². The van der Waals surface area contributed by atoms with Crippen molar-refractivity contribution in [1.29, 1.82) is 5.26 Å². The molecule has 1 amide bonds. The first kappa shape index (κ1) is 21.5. The maximum Gasteiger partial charge on any atom is 0.257 e. The van der Waals surface area contributed by atoms with Crippen molar-refractivity contribution in [3.8, 4) is 23.2 Å². The molecule has 0 radical (unpaired) electrons. The van der Waals surface area contributed by atoms with Crippen LogP contribution in [0.4, 0.5) is 5.69 Å². The molecule has 0 atom stereocenters. The number of hydrogen-bond acceptors (Lipinski definition) is 5. The Morgan fingerprint density at radius 2 is 1.74 bits per heavy atom. The zero-order chi connectivity index (χ0) is 23.5. The Bertz CT molecular complexity index is 1330. The highest BCUT2D eigenvalue weighted by Gasteiger charge is 2.27. The molecule has 0 saturated carbocycles. The van der Waals surface area contributed by atoms with E-state index in [2.05, 4.69) is 11.0 Å².